The van der Waals surface area contributed by atoms with E-state index in [9.17, 15) is 15.0 Å². The molecular weight excluding hydrogens is 470 g/mol. The number of aliphatic hydroxyl groups is 1. The summed E-state index contributed by atoms with van der Waals surface area (Å²) in [7, 11) is -1.23. The predicted octanol–water partition coefficient (Wildman–Crippen LogP) is 5.70. The van der Waals surface area contributed by atoms with Crippen LogP contribution in [0.4, 0.5) is 0 Å². The summed E-state index contributed by atoms with van der Waals surface area (Å²) in [5.41, 5.74) is 5.68. The van der Waals surface area contributed by atoms with Crippen LogP contribution in [0.2, 0.25) is 25.7 Å². The molecule has 4 aromatic rings. The van der Waals surface area contributed by atoms with Gasteiger partial charge in [-0.05, 0) is 48.2 Å². The van der Waals surface area contributed by atoms with Crippen molar-refractivity contribution in [2.24, 2.45) is 0 Å². The smallest absolute Gasteiger partial charge is 0.335 e. The fourth-order valence-electron chi connectivity index (χ4n) is 4.07. The molecule has 0 fully saturated rings. The number of ether oxygens (including phenoxy) is 1. The molecule has 0 aliphatic rings. The molecule has 0 amide bonds. The lowest BCUT2D eigenvalue weighted by molar-refractivity contribution is 0.0696. The second kappa shape index (κ2) is 11.2. The maximum atomic E-state index is 11.3. The molecule has 0 atom stereocenters. The highest BCUT2D eigenvalue weighted by atomic mass is 28.3. The summed E-state index contributed by atoms with van der Waals surface area (Å²) in [5, 5.41) is 18.5. The molecule has 4 rings (SSSR count). The highest BCUT2D eigenvalue weighted by Gasteiger charge is 2.19. The maximum Gasteiger partial charge on any atom is 0.335 e. The van der Waals surface area contributed by atoms with Crippen molar-refractivity contribution in [2.75, 3.05) is 13.2 Å². The van der Waals surface area contributed by atoms with Crippen molar-refractivity contribution in [1.29, 1.82) is 0 Å². The number of aromatic nitrogens is 3. The summed E-state index contributed by atoms with van der Waals surface area (Å²) in [6, 6.07) is 18.0. The van der Waals surface area contributed by atoms with Crippen LogP contribution in [0.1, 0.15) is 22.3 Å². The number of aryl methyl sites for hydroxylation is 1. The van der Waals surface area contributed by atoms with E-state index in [0.717, 1.165) is 52.3 Å². The molecule has 0 unspecified atom stereocenters. The summed E-state index contributed by atoms with van der Waals surface area (Å²) in [4.78, 5) is 21.0. The molecule has 36 heavy (non-hydrogen) atoms. The number of carboxylic acid groups (broad SMARTS) is 1. The molecule has 0 saturated heterocycles. The van der Waals surface area contributed by atoms with Crippen molar-refractivity contribution in [3.63, 3.8) is 0 Å². The van der Waals surface area contributed by atoms with E-state index in [0.29, 0.717) is 19.2 Å². The highest BCUT2D eigenvalue weighted by Crippen LogP contribution is 2.32. The Hall–Kier alpha value is -3.33. The van der Waals surface area contributed by atoms with E-state index >= 15 is 0 Å². The standard InChI is InChI=1S/C28H33N3O4Si/c1-36(2,3)17-16-35-19-31-26(21-9-11-22(12-10-21)28(33)34)30-25-24(13-14-29-27(25)31)23-8-4-6-20(18-23)7-5-15-32/h4,6,8-14,18,32H,5,7,15-17,19H2,1-3H3,(H,33,34). The first-order valence-electron chi connectivity index (χ1n) is 12.2. The highest BCUT2D eigenvalue weighted by molar-refractivity contribution is 6.76. The minimum Gasteiger partial charge on any atom is -0.478 e. The Balaban J connectivity index is 1.77. The van der Waals surface area contributed by atoms with Gasteiger partial charge >= 0.3 is 5.97 Å². The molecule has 2 aromatic heterocycles. The number of hydrogen-bond acceptors (Lipinski definition) is 5. The first-order chi connectivity index (χ1) is 17.3. The zero-order valence-corrected chi connectivity index (χ0v) is 22.1. The molecular formula is C28H33N3O4Si. The molecule has 2 N–H and O–H groups in total. The molecule has 7 nitrogen and oxygen atoms in total. The number of pyridine rings is 1. The lowest BCUT2D eigenvalue weighted by Gasteiger charge is -2.16. The van der Waals surface area contributed by atoms with Gasteiger partial charge in [-0.25, -0.2) is 14.8 Å². The third-order valence-corrected chi connectivity index (χ3v) is 7.81. The van der Waals surface area contributed by atoms with Crippen LogP contribution in [-0.2, 0) is 17.9 Å². The molecule has 8 heteroatoms. The summed E-state index contributed by atoms with van der Waals surface area (Å²) in [5.74, 6) is -0.277. The van der Waals surface area contributed by atoms with Gasteiger partial charge < -0.3 is 14.9 Å². The fourth-order valence-corrected chi connectivity index (χ4v) is 4.82. The molecule has 0 radical (unpaired) electrons. The average Bonchev–Trinajstić information content (AvgIpc) is 3.23. The Bertz CT molecular complexity index is 1340. The SMILES string of the molecule is C[Si](C)(C)CCOCn1c(-c2ccc(C(=O)O)cc2)nc2c(-c3cccc(CCCO)c3)ccnc21. The molecule has 2 heterocycles. The Morgan fingerprint density at radius 2 is 1.83 bits per heavy atom. The van der Waals surface area contributed by atoms with Gasteiger partial charge in [-0.1, -0.05) is 56.0 Å². The monoisotopic (exact) mass is 503 g/mol. The zero-order chi connectivity index (χ0) is 25.7. The summed E-state index contributed by atoms with van der Waals surface area (Å²) < 4.78 is 8.06. The van der Waals surface area contributed by atoms with E-state index < -0.39 is 14.0 Å². The Kier molecular flexibility index (Phi) is 7.98. The zero-order valence-electron chi connectivity index (χ0n) is 21.1. The van der Waals surface area contributed by atoms with E-state index in [1.165, 1.54) is 0 Å². The van der Waals surface area contributed by atoms with Crippen molar-refractivity contribution >= 4 is 25.2 Å². The second-order valence-electron chi connectivity index (χ2n) is 10.2. The minimum atomic E-state index is -1.23. The van der Waals surface area contributed by atoms with Gasteiger partial charge in [0.15, 0.2) is 5.65 Å². The number of aliphatic hydroxyl groups excluding tert-OH is 1. The molecule has 0 bridgehead atoms. The number of nitrogens with zero attached hydrogens (tertiary/aromatic N) is 3. The van der Waals surface area contributed by atoms with Gasteiger partial charge in [-0.15, -0.1) is 0 Å². The van der Waals surface area contributed by atoms with Crippen molar-refractivity contribution in [1.82, 2.24) is 14.5 Å². The normalized spacial score (nSPS) is 11.8. The number of aromatic carboxylic acids is 1. The van der Waals surface area contributed by atoms with Crippen LogP contribution in [0.5, 0.6) is 0 Å². The molecule has 0 aliphatic heterocycles. The summed E-state index contributed by atoms with van der Waals surface area (Å²) in [6.07, 6.45) is 3.31. The van der Waals surface area contributed by atoms with Gasteiger partial charge in [-0.3, -0.25) is 4.57 Å². The Labute approximate surface area is 212 Å². The van der Waals surface area contributed by atoms with Crippen LogP contribution < -0.4 is 0 Å². The first kappa shape index (κ1) is 25.8. The van der Waals surface area contributed by atoms with Crippen LogP contribution >= 0.6 is 0 Å². The van der Waals surface area contributed by atoms with Crippen LogP contribution in [0.3, 0.4) is 0 Å². The first-order valence-corrected chi connectivity index (χ1v) is 15.9. The van der Waals surface area contributed by atoms with Crippen LogP contribution in [0.25, 0.3) is 33.7 Å². The number of hydrogen-bond donors (Lipinski definition) is 2. The van der Waals surface area contributed by atoms with Crippen LogP contribution in [-0.4, -0.2) is 52.0 Å². The maximum absolute atomic E-state index is 11.3. The number of imidazole rings is 1. The van der Waals surface area contributed by atoms with E-state index in [2.05, 4.69) is 42.8 Å². The Morgan fingerprint density at radius 1 is 1.06 bits per heavy atom. The third-order valence-electron chi connectivity index (χ3n) is 6.10. The van der Waals surface area contributed by atoms with Gasteiger partial charge in [0, 0.05) is 38.6 Å². The number of carbonyl (C=O) groups is 1. The van der Waals surface area contributed by atoms with Crippen LogP contribution in [0.15, 0.2) is 60.8 Å². The van der Waals surface area contributed by atoms with Crippen LogP contribution in [0, 0.1) is 0 Å². The van der Waals surface area contributed by atoms with Crippen molar-refractivity contribution < 1.29 is 19.7 Å². The number of rotatable bonds is 11. The largest absolute Gasteiger partial charge is 0.478 e. The topological polar surface area (TPSA) is 97.5 Å². The fraction of sp³-hybridized carbons (Fsp3) is 0.321. The van der Waals surface area contributed by atoms with Gasteiger partial charge in [0.25, 0.3) is 0 Å². The van der Waals surface area contributed by atoms with E-state index in [1.807, 2.05) is 16.7 Å². The number of fused-ring (bicyclic) bond motifs is 1. The number of benzene rings is 2. The van der Waals surface area contributed by atoms with Gasteiger partial charge in [0.05, 0.1) is 5.56 Å². The average molecular weight is 504 g/mol. The summed E-state index contributed by atoms with van der Waals surface area (Å²) in [6.45, 7) is 8.10. The molecule has 188 valence electrons. The third kappa shape index (κ3) is 6.07. The van der Waals surface area contributed by atoms with Gasteiger partial charge in [0.1, 0.15) is 18.1 Å². The molecule has 0 saturated carbocycles. The van der Waals surface area contributed by atoms with E-state index in [-0.39, 0.29) is 12.2 Å². The predicted molar refractivity (Wildman–Crippen MR) is 145 cm³/mol. The van der Waals surface area contributed by atoms with E-state index in [1.54, 1.807) is 30.5 Å². The molecule has 0 aliphatic carbocycles. The van der Waals surface area contributed by atoms with Gasteiger partial charge in [-0.2, -0.15) is 0 Å². The number of carboxylic acids is 1. The molecule has 0 spiro atoms. The minimum absolute atomic E-state index is 0.163. The van der Waals surface area contributed by atoms with Gasteiger partial charge in [0.2, 0.25) is 0 Å². The lowest BCUT2D eigenvalue weighted by Crippen LogP contribution is -2.22. The quantitative estimate of drug-likeness (QED) is 0.201. The second-order valence-corrected chi connectivity index (χ2v) is 15.8. The van der Waals surface area contributed by atoms with Crippen molar-refractivity contribution in [3.8, 4) is 22.5 Å². The van der Waals surface area contributed by atoms with Crippen molar-refractivity contribution in [3.05, 3.63) is 71.9 Å². The Morgan fingerprint density at radius 3 is 2.53 bits per heavy atom. The lowest BCUT2D eigenvalue weighted by atomic mass is 10.0. The molecule has 2 aromatic carbocycles. The summed E-state index contributed by atoms with van der Waals surface area (Å²) >= 11 is 0. The van der Waals surface area contributed by atoms with Crippen molar-refractivity contribution in [2.45, 2.75) is 45.3 Å². The van der Waals surface area contributed by atoms with E-state index in [4.69, 9.17) is 9.72 Å².